The van der Waals surface area contributed by atoms with Crippen molar-refractivity contribution in [2.75, 3.05) is 5.75 Å². The van der Waals surface area contributed by atoms with E-state index in [1.165, 1.54) is 0 Å². The number of H-pyrrole nitrogens is 1. The molecular formula is C14H10F3N3O2S. The van der Waals surface area contributed by atoms with Crippen LogP contribution in [0.1, 0.15) is 5.82 Å². The van der Waals surface area contributed by atoms with Gasteiger partial charge in [-0.1, -0.05) is 18.2 Å². The number of benzene rings is 1. The molecule has 0 saturated heterocycles. The molecule has 2 aromatic rings. The van der Waals surface area contributed by atoms with Gasteiger partial charge in [0.2, 0.25) is 5.88 Å². The quantitative estimate of drug-likeness (QED) is 0.932. The molecule has 3 rings (SSSR count). The Balaban J connectivity index is 1.88. The molecule has 0 spiro atoms. The van der Waals surface area contributed by atoms with Gasteiger partial charge in [0, 0.05) is 5.75 Å². The lowest BCUT2D eigenvalue weighted by atomic mass is 10.3. The number of rotatable bonds is 3. The zero-order valence-corrected chi connectivity index (χ0v) is 12.3. The molecule has 1 unspecified atom stereocenters. The zero-order chi connectivity index (χ0) is 16.4. The maximum Gasteiger partial charge on any atom is 0.411 e. The van der Waals surface area contributed by atoms with E-state index < -0.39 is 17.8 Å². The van der Waals surface area contributed by atoms with Gasteiger partial charge in [-0.3, -0.25) is 9.79 Å². The Labute approximate surface area is 132 Å². The molecule has 0 fully saturated rings. The number of hydrogen-bond donors (Lipinski definition) is 1. The van der Waals surface area contributed by atoms with E-state index in [4.69, 9.17) is 4.74 Å². The second kappa shape index (κ2) is 6.07. The Kier molecular flexibility index (Phi) is 4.12. The van der Waals surface area contributed by atoms with Crippen LogP contribution in [0.4, 0.5) is 13.2 Å². The van der Waals surface area contributed by atoms with E-state index >= 15 is 0 Å². The zero-order valence-electron chi connectivity index (χ0n) is 11.5. The van der Waals surface area contributed by atoms with E-state index in [0.717, 1.165) is 17.8 Å². The molecule has 5 nitrogen and oxygen atoms in total. The van der Waals surface area contributed by atoms with E-state index in [1.54, 1.807) is 30.3 Å². The number of alkyl halides is 3. The van der Waals surface area contributed by atoms with Gasteiger partial charge in [-0.2, -0.15) is 18.2 Å². The van der Waals surface area contributed by atoms with Gasteiger partial charge in [-0.25, -0.2) is 0 Å². The number of aliphatic imine (C=N–C) groups is 1. The predicted molar refractivity (Wildman–Crippen MR) is 80.2 cm³/mol. The first-order valence-corrected chi connectivity index (χ1v) is 7.52. The third kappa shape index (κ3) is 3.73. The monoisotopic (exact) mass is 341 g/mol. The molecule has 1 aliphatic rings. The third-order valence-electron chi connectivity index (χ3n) is 2.92. The summed E-state index contributed by atoms with van der Waals surface area (Å²) in [5.41, 5.74) is -0.528. The summed E-state index contributed by atoms with van der Waals surface area (Å²) in [5, 5.41) is 0.0444. The van der Waals surface area contributed by atoms with Gasteiger partial charge < -0.3 is 9.72 Å². The molecule has 1 aromatic heterocycles. The molecule has 23 heavy (non-hydrogen) atoms. The van der Waals surface area contributed by atoms with E-state index in [-0.39, 0.29) is 22.5 Å². The van der Waals surface area contributed by atoms with Crippen LogP contribution in [0.25, 0.3) is 0 Å². The van der Waals surface area contributed by atoms with Gasteiger partial charge in [0.05, 0.1) is 6.07 Å². The number of thioether (sulfide) groups is 1. The van der Waals surface area contributed by atoms with Crippen molar-refractivity contribution in [1.29, 1.82) is 0 Å². The fraction of sp³-hybridized carbons (Fsp3) is 0.214. The number of hydrogen-bond acceptors (Lipinski definition) is 5. The average Bonchev–Trinajstić information content (AvgIpc) is 2.97. The lowest BCUT2D eigenvalue weighted by Gasteiger charge is -2.09. The molecule has 0 saturated carbocycles. The van der Waals surface area contributed by atoms with Crippen molar-refractivity contribution in [3.8, 4) is 11.6 Å². The van der Waals surface area contributed by atoms with Crippen molar-refractivity contribution in [2.24, 2.45) is 4.99 Å². The fourth-order valence-corrected chi connectivity index (χ4v) is 2.88. The lowest BCUT2D eigenvalue weighted by molar-refractivity contribution is -0.141. The number of aromatic amines is 1. The van der Waals surface area contributed by atoms with Gasteiger partial charge in [0.1, 0.15) is 10.8 Å². The van der Waals surface area contributed by atoms with Crippen LogP contribution in [0.15, 0.2) is 46.2 Å². The molecular weight excluding hydrogens is 331 g/mol. The Morgan fingerprint density at radius 2 is 2.00 bits per heavy atom. The van der Waals surface area contributed by atoms with Crippen LogP contribution >= 0.6 is 11.8 Å². The van der Waals surface area contributed by atoms with Crippen LogP contribution in [0.5, 0.6) is 11.6 Å². The van der Waals surface area contributed by atoms with Crippen molar-refractivity contribution in [2.45, 2.75) is 12.2 Å². The molecule has 1 N–H and O–H groups in total. The lowest BCUT2D eigenvalue weighted by Crippen LogP contribution is -2.27. The highest BCUT2D eigenvalue weighted by atomic mass is 32.2. The van der Waals surface area contributed by atoms with Crippen molar-refractivity contribution < 1.29 is 17.9 Å². The Hall–Kier alpha value is -2.29. The molecule has 1 atom stereocenters. The minimum atomic E-state index is -4.41. The van der Waals surface area contributed by atoms with Gasteiger partial charge in [0.25, 0.3) is 5.56 Å². The van der Waals surface area contributed by atoms with Crippen LogP contribution in [0, 0.1) is 0 Å². The van der Waals surface area contributed by atoms with Crippen molar-refractivity contribution in [3.05, 3.63) is 52.6 Å². The summed E-state index contributed by atoms with van der Waals surface area (Å²) < 4.78 is 43.4. The van der Waals surface area contributed by atoms with E-state index in [2.05, 4.69) is 15.0 Å². The topological polar surface area (TPSA) is 67.3 Å². The predicted octanol–water partition coefficient (Wildman–Crippen LogP) is 2.99. The van der Waals surface area contributed by atoms with Gasteiger partial charge >= 0.3 is 6.18 Å². The number of nitrogens with one attached hydrogen (secondary N) is 1. The summed E-state index contributed by atoms with van der Waals surface area (Å²) in [6.45, 7) is 0. The Morgan fingerprint density at radius 3 is 2.65 bits per heavy atom. The highest BCUT2D eigenvalue weighted by Gasteiger charge is 2.43. The molecule has 120 valence electrons. The number of para-hydroxylation sites is 1. The summed E-state index contributed by atoms with van der Waals surface area (Å²) in [6.07, 6.45) is -4.41. The average molecular weight is 341 g/mol. The van der Waals surface area contributed by atoms with Crippen molar-refractivity contribution in [3.63, 3.8) is 0 Å². The first-order valence-electron chi connectivity index (χ1n) is 6.54. The summed E-state index contributed by atoms with van der Waals surface area (Å²) >= 11 is 0.896. The van der Waals surface area contributed by atoms with E-state index in [9.17, 15) is 18.0 Å². The summed E-state index contributed by atoms with van der Waals surface area (Å²) in [5.74, 6) is 0.200. The number of nitrogens with zero attached hydrogens (tertiary/aromatic N) is 2. The van der Waals surface area contributed by atoms with Gasteiger partial charge in [-0.05, 0) is 12.1 Å². The van der Waals surface area contributed by atoms with Crippen LogP contribution < -0.4 is 10.3 Å². The second-order valence-corrected chi connectivity index (χ2v) is 5.66. The Morgan fingerprint density at radius 1 is 1.26 bits per heavy atom. The number of halogens is 3. The molecule has 0 bridgehead atoms. The summed E-state index contributed by atoms with van der Waals surface area (Å²) in [7, 11) is 0. The number of ether oxygens (including phenoxy) is 1. The van der Waals surface area contributed by atoms with Gasteiger partial charge in [0.15, 0.2) is 11.9 Å². The summed E-state index contributed by atoms with van der Waals surface area (Å²) in [6, 6.07) is 7.96. The van der Waals surface area contributed by atoms with Crippen LogP contribution in [0.2, 0.25) is 0 Å². The largest absolute Gasteiger partial charge is 0.439 e. The third-order valence-corrected chi connectivity index (χ3v) is 3.97. The maximum atomic E-state index is 12.7. The molecule has 1 aromatic carbocycles. The maximum absolute atomic E-state index is 12.7. The standard InChI is InChI=1S/C14H10F3N3O2S/c15-14(16,17)9-7-23-13(18-9)12-19-10(21)6-11(20-12)22-8-4-2-1-3-5-8/h1-6,9H,7H2,(H,19,20,21). The normalized spacial score (nSPS) is 17.9. The minimum Gasteiger partial charge on any atom is -0.439 e. The highest BCUT2D eigenvalue weighted by molar-refractivity contribution is 8.14. The smallest absolute Gasteiger partial charge is 0.411 e. The molecule has 0 amide bonds. The van der Waals surface area contributed by atoms with Crippen molar-refractivity contribution >= 4 is 16.8 Å². The van der Waals surface area contributed by atoms with Gasteiger partial charge in [-0.15, -0.1) is 11.8 Å². The first-order chi connectivity index (χ1) is 10.9. The summed E-state index contributed by atoms with van der Waals surface area (Å²) in [4.78, 5) is 21.7. The fourth-order valence-electron chi connectivity index (χ4n) is 1.87. The minimum absolute atomic E-state index is 0.00583. The first kappa shape index (κ1) is 15.6. The van der Waals surface area contributed by atoms with E-state index in [1.807, 2.05) is 0 Å². The molecule has 0 radical (unpaired) electrons. The molecule has 1 aliphatic heterocycles. The van der Waals surface area contributed by atoms with Crippen LogP contribution in [0.3, 0.4) is 0 Å². The second-order valence-electron chi connectivity index (χ2n) is 4.65. The molecule has 2 heterocycles. The Bertz CT molecular complexity index is 790. The number of aromatic nitrogens is 2. The van der Waals surface area contributed by atoms with Crippen molar-refractivity contribution in [1.82, 2.24) is 9.97 Å². The van der Waals surface area contributed by atoms with Crippen LogP contribution in [-0.4, -0.2) is 33.0 Å². The molecule has 0 aliphatic carbocycles. The van der Waals surface area contributed by atoms with Crippen LogP contribution in [-0.2, 0) is 0 Å². The SMILES string of the molecule is O=c1cc(Oc2ccccc2)nc(C2=NC(C(F)(F)F)CS2)[nH]1. The molecule has 9 heteroatoms. The highest BCUT2D eigenvalue weighted by Crippen LogP contribution is 2.32. The van der Waals surface area contributed by atoms with E-state index in [0.29, 0.717) is 5.75 Å².